The summed E-state index contributed by atoms with van der Waals surface area (Å²) in [4.78, 5) is 48.8. The van der Waals surface area contributed by atoms with E-state index in [2.05, 4.69) is 35.3 Å². The highest BCUT2D eigenvalue weighted by Gasteiger charge is 2.63. The first-order valence-corrected chi connectivity index (χ1v) is 17.1. The van der Waals surface area contributed by atoms with Crippen molar-refractivity contribution >= 4 is 29.2 Å². The number of anilines is 2. The topological polar surface area (TPSA) is 144 Å². The van der Waals surface area contributed by atoms with Crippen LogP contribution in [-0.4, -0.2) is 108 Å². The van der Waals surface area contributed by atoms with Gasteiger partial charge in [-0.15, -0.1) is 8.78 Å². The molecule has 3 saturated heterocycles. The number of halogens is 5. The Morgan fingerprint density at radius 2 is 1.73 bits per heavy atom. The van der Waals surface area contributed by atoms with E-state index in [1.165, 1.54) is 19.4 Å². The minimum absolute atomic E-state index is 0.0117. The highest BCUT2D eigenvalue weighted by atomic mass is 19.4. The molecule has 5 heterocycles. The summed E-state index contributed by atoms with van der Waals surface area (Å²) in [6, 6.07) is 3.42. The van der Waals surface area contributed by atoms with Gasteiger partial charge in [0.25, 0.3) is 11.8 Å². The molecule has 1 aromatic carbocycles. The number of ether oxygens (including phenoxy) is 4. The van der Waals surface area contributed by atoms with E-state index >= 15 is 0 Å². The van der Waals surface area contributed by atoms with Crippen LogP contribution < -0.4 is 30.2 Å². The van der Waals surface area contributed by atoms with Crippen LogP contribution in [0.5, 0.6) is 17.2 Å². The molecule has 1 aromatic heterocycles. The van der Waals surface area contributed by atoms with Crippen molar-refractivity contribution < 1.29 is 55.3 Å². The predicted octanol–water partition coefficient (Wildman–Crippen LogP) is 4.14. The first-order valence-electron chi connectivity index (χ1n) is 17.1. The maximum absolute atomic E-state index is 14.1. The number of nitrogens with one attached hydrogen (secondary N) is 3. The molecule has 7 fully saturated rings. The zero-order chi connectivity index (χ0) is 36.8. The second-order valence-corrected chi connectivity index (χ2v) is 14.8. The zero-order valence-electron chi connectivity index (χ0n) is 28.3. The zero-order valence-corrected chi connectivity index (χ0v) is 28.3. The molecule has 8 aliphatic rings. The summed E-state index contributed by atoms with van der Waals surface area (Å²) in [5, 5.41) is 8.79. The van der Waals surface area contributed by atoms with Gasteiger partial charge in [0, 0.05) is 44.0 Å². The Labute approximate surface area is 294 Å². The van der Waals surface area contributed by atoms with Gasteiger partial charge in [-0.2, -0.15) is 13.2 Å². The number of amides is 3. The summed E-state index contributed by atoms with van der Waals surface area (Å²) in [5.74, 6) is -1.86. The maximum Gasteiger partial charge on any atom is 0.586 e. The van der Waals surface area contributed by atoms with Crippen LogP contribution in [-0.2, 0) is 9.53 Å². The maximum atomic E-state index is 14.1. The minimum atomic E-state index is -4.57. The largest absolute Gasteiger partial charge is 0.586 e. The summed E-state index contributed by atoms with van der Waals surface area (Å²) in [5.41, 5.74) is -4.09. The van der Waals surface area contributed by atoms with Gasteiger partial charge in [-0.1, -0.05) is 0 Å². The first kappa shape index (κ1) is 34.6. The number of nitrogens with zero attached hydrogens (tertiary/aromatic N) is 3. The number of fused-ring (bicyclic) bond motifs is 5. The van der Waals surface area contributed by atoms with Crippen molar-refractivity contribution in [3.8, 4) is 17.2 Å². The number of hydrogen-bond acceptors (Lipinski definition) is 10. The Kier molecular flexibility index (Phi) is 7.84. The van der Waals surface area contributed by atoms with Crippen LogP contribution in [0.4, 0.5) is 33.5 Å². The quantitative estimate of drug-likeness (QED) is 0.339. The number of aromatic nitrogens is 1. The average molecular weight is 737 g/mol. The van der Waals surface area contributed by atoms with Gasteiger partial charge in [-0.3, -0.25) is 19.3 Å². The number of carbonyl (C=O) groups is 3. The van der Waals surface area contributed by atoms with Crippen molar-refractivity contribution in [3.05, 3.63) is 35.5 Å². The van der Waals surface area contributed by atoms with E-state index in [9.17, 15) is 36.3 Å². The Morgan fingerprint density at radius 1 is 1.02 bits per heavy atom. The van der Waals surface area contributed by atoms with E-state index in [1.54, 1.807) is 11.9 Å². The molecule has 4 saturated carbocycles. The smallest absolute Gasteiger partial charge is 0.496 e. The summed E-state index contributed by atoms with van der Waals surface area (Å²) >= 11 is 0. The number of rotatable bonds is 8. The number of pyridine rings is 1. The lowest BCUT2D eigenvalue weighted by Gasteiger charge is -2.53. The Hall–Kier alpha value is -4.45. The van der Waals surface area contributed by atoms with Crippen LogP contribution in [0.25, 0.3) is 0 Å². The van der Waals surface area contributed by atoms with Crippen LogP contribution in [0.1, 0.15) is 65.7 Å². The van der Waals surface area contributed by atoms with Crippen LogP contribution in [0.3, 0.4) is 0 Å². The van der Waals surface area contributed by atoms with Crippen LogP contribution in [0.2, 0.25) is 0 Å². The molecule has 3 amide bonds. The van der Waals surface area contributed by atoms with E-state index in [0.717, 1.165) is 37.9 Å². The average Bonchev–Trinajstić information content (AvgIpc) is 3.72. The van der Waals surface area contributed by atoms with Crippen molar-refractivity contribution in [3.63, 3.8) is 0 Å². The molecule has 1 atom stereocenters. The van der Waals surface area contributed by atoms with Gasteiger partial charge in [-0.25, -0.2) is 4.98 Å². The number of piperazine rings is 1. The van der Waals surface area contributed by atoms with Crippen LogP contribution in [0, 0.1) is 5.92 Å². The molecule has 13 nitrogen and oxygen atoms in total. The van der Waals surface area contributed by atoms with Gasteiger partial charge in [0.15, 0.2) is 17.1 Å². The Morgan fingerprint density at radius 3 is 2.37 bits per heavy atom. The van der Waals surface area contributed by atoms with Gasteiger partial charge in [-0.05, 0) is 63.0 Å². The second kappa shape index (κ2) is 11.8. The highest BCUT2D eigenvalue weighted by molar-refractivity contribution is 6.13. The predicted molar refractivity (Wildman–Crippen MR) is 171 cm³/mol. The Balaban J connectivity index is 1.04. The molecule has 4 aliphatic carbocycles. The van der Waals surface area contributed by atoms with Crippen molar-refractivity contribution in [2.45, 2.75) is 80.1 Å². The molecule has 1 unspecified atom stereocenters. The van der Waals surface area contributed by atoms with Crippen molar-refractivity contribution in [2.75, 3.05) is 51.0 Å². The second-order valence-electron chi connectivity index (χ2n) is 14.8. The SMILES string of the molecule is COc1ccnc(NC2CC3(N4CCN(C)C(=O)C4)CC2C3)c1C(=O)Nc1cc2c(cc1C(=O)NC13CCC(C(F)(F)F)(CC1)OC3)OC(F)(F)O2. The first-order chi connectivity index (χ1) is 24.5. The van der Waals surface area contributed by atoms with Gasteiger partial charge >= 0.3 is 12.5 Å². The fourth-order valence-electron chi connectivity index (χ4n) is 8.79. The number of methoxy groups -OCH3 is 1. The number of benzene rings is 1. The molecular weight excluding hydrogens is 699 g/mol. The summed E-state index contributed by atoms with van der Waals surface area (Å²) in [7, 11) is 3.16. The lowest BCUT2D eigenvalue weighted by atomic mass is 9.70. The van der Waals surface area contributed by atoms with Crippen molar-refractivity contribution in [1.29, 1.82) is 0 Å². The van der Waals surface area contributed by atoms with Crippen molar-refractivity contribution in [1.82, 2.24) is 20.1 Å². The van der Waals surface area contributed by atoms with Gasteiger partial charge < -0.3 is 39.8 Å². The number of hydrogen-bond donors (Lipinski definition) is 3. The van der Waals surface area contributed by atoms with Gasteiger partial charge in [0.1, 0.15) is 17.1 Å². The molecule has 0 spiro atoms. The fraction of sp³-hybridized carbons (Fsp3) is 0.588. The number of alkyl halides is 5. The highest BCUT2D eigenvalue weighted by Crippen LogP contribution is 2.57. The lowest BCUT2D eigenvalue weighted by molar-refractivity contribution is -0.317. The van der Waals surface area contributed by atoms with Gasteiger partial charge in [0.2, 0.25) is 5.91 Å². The molecule has 3 N–H and O–H groups in total. The number of carbonyl (C=O) groups excluding carboxylic acids is 3. The summed E-state index contributed by atoms with van der Waals surface area (Å²) in [6.45, 7) is 1.36. The summed E-state index contributed by atoms with van der Waals surface area (Å²) < 4.78 is 89.4. The van der Waals surface area contributed by atoms with Crippen LogP contribution >= 0.6 is 0 Å². The standard InChI is InChI=1S/C34H37F5N6O7/c1-44-9-10-45(16-25(44)46)31-13-18(14-31)21(15-31)41-27-26(22(49-2)3-8-40-27)29(48)42-20-12-24-23(51-34(38,39)52-24)11-19(20)28(47)43-30-4-6-32(7-5-30,50-17-30)33(35,36)37/h3,8,11-12,18,21H,4-7,9-10,13-17H2,1-2H3,(H,40,41)(H,42,48)(H,43,47). The monoisotopic (exact) mass is 736 g/mol. The Bertz CT molecular complexity index is 1810. The van der Waals surface area contributed by atoms with E-state index in [-0.39, 0.29) is 77.5 Å². The third-order valence-corrected chi connectivity index (χ3v) is 11.8. The molecule has 0 radical (unpaired) electrons. The summed E-state index contributed by atoms with van der Waals surface area (Å²) in [6.07, 6.45) is -5.43. The van der Waals surface area contributed by atoms with Crippen LogP contribution in [0.15, 0.2) is 24.4 Å². The molecule has 280 valence electrons. The number of likely N-dealkylation sites (N-methyl/N-ethyl adjacent to an activating group) is 1. The third-order valence-electron chi connectivity index (χ3n) is 11.8. The van der Waals surface area contributed by atoms with Crippen molar-refractivity contribution in [2.24, 2.45) is 5.92 Å². The fourth-order valence-corrected chi connectivity index (χ4v) is 8.79. The molecule has 2 aromatic rings. The normalized spacial score (nSPS) is 31.6. The molecule has 10 rings (SSSR count). The molecular formula is C34H37F5N6O7. The van der Waals surface area contributed by atoms with E-state index in [1.807, 2.05) is 0 Å². The molecule has 4 bridgehead atoms. The van der Waals surface area contributed by atoms with E-state index < -0.39 is 53.5 Å². The third kappa shape index (κ3) is 5.64. The van der Waals surface area contributed by atoms with E-state index in [4.69, 9.17) is 9.47 Å². The molecule has 4 aliphatic heterocycles. The molecule has 18 heteroatoms. The van der Waals surface area contributed by atoms with E-state index in [0.29, 0.717) is 13.1 Å². The lowest BCUT2D eigenvalue weighted by Crippen LogP contribution is -2.66. The van der Waals surface area contributed by atoms with Gasteiger partial charge in [0.05, 0.1) is 37.1 Å². The minimum Gasteiger partial charge on any atom is -0.496 e. The molecule has 52 heavy (non-hydrogen) atoms.